The molecule has 0 N–H and O–H groups in total. The number of rotatable bonds is 6. The van der Waals surface area contributed by atoms with Crippen LogP contribution >= 0.6 is 0 Å². The largest absolute Gasteiger partial charge is 0.457 e. The highest BCUT2D eigenvalue weighted by Crippen LogP contribution is 2.56. The second-order valence-electron chi connectivity index (χ2n) is 10.5. The first-order chi connectivity index (χ1) is 19.3. The van der Waals surface area contributed by atoms with Gasteiger partial charge in [0.1, 0.15) is 6.10 Å². The van der Waals surface area contributed by atoms with Gasteiger partial charge in [-0.15, -0.1) is 0 Å². The molecule has 2 fully saturated rings. The summed E-state index contributed by atoms with van der Waals surface area (Å²) in [4.78, 5) is 13.2. The van der Waals surface area contributed by atoms with Crippen molar-refractivity contribution in [1.82, 2.24) is 4.31 Å². The molecule has 6 nitrogen and oxygen atoms in total. The second kappa shape index (κ2) is 10.3. The molecule has 0 aliphatic carbocycles. The Morgan fingerprint density at radius 1 is 0.775 bits per heavy atom. The summed E-state index contributed by atoms with van der Waals surface area (Å²) in [6.07, 6.45) is -1.42. The molecule has 0 unspecified atom stereocenters. The molecule has 7 heteroatoms. The molecule has 0 bridgehead atoms. The van der Waals surface area contributed by atoms with Crippen molar-refractivity contribution >= 4 is 16.0 Å². The van der Waals surface area contributed by atoms with E-state index in [9.17, 15) is 13.2 Å². The molecule has 0 radical (unpaired) electrons. The van der Waals surface area contributed by atoms with Crippen molar-refractivity contribution in [3.05, 3.63) is 138 Å². The summed E-state index contributed by atoms with van der Waals surface area (Å²) in [5.74, 6) is -0.812. The highest BCUT2D eigenvalue weighted by Gasteiger charge is 2.66. The van der Waals surface area contributed by atoms with E-state index < -0.39 is 39.9 Å². The van der Waals surface area contributed by atoms with Crippen LogP contribution in [0.5, 0.6) is 0 Å². The Kier molecular flexibility index (Phi) is 6.82. The van der Waals surface area contributed by atoms with E-state index in [0.717, 1.165) is 16.7 Å². The number of ether oxygens (including phenoxy) is 2. The number of sulfonamides is 1. The van der Waals surface area contributed by atoms with E-state index in [4.69, 9.17) is 9.47 Å². The number of hydrogen-bond acceptors (Lipinski definition) is 5. The number of benzene rings is 4. The minimum atomic E-state index is -4.14. The van der Waals surface area contributed by atoms with Crippen LogP contribution in [0.4, 0.5) is 0 Å². The third-order valence-corrected chi connectivity index (χ3v) is 9.95. The first-order valence-electron chi connectivity index (χ1n) is 13.5. The molecule has 2 heterocycles. The van der Waals surface area contributed by atoms with Crippen molar-refractivity contribution in [2.75, 3.05) is 0 Å². The molecule has 0 aromatic heterocycles. The monoisotopic (exact) mass is 553 g/mol. The molecular weight excluding hydrogens is 522 g/mol. The number of cyclic esters (lactones) is 1. The molecule has 4 aromatic rings. The van der Waals surface area contributed by atoms with Crippen molar-refractivity contribution in [2.45, 2.75) is 55.1 Å². The molecule has 40 heavy (non-hydrogen) atoms. The van der Waals surface area contributed by atoms with E-state index in [0.29, 0.717) is 5.56 Å². The zero-order chi connectivity index (χ0) is 27.9. The van der Waals surface area contributed by atoms with E-state index >= 15 is 0 Å². The quantitative estimate of drug-likeness (QED) is 0.270. The fourth-order valence-electron chi connectivity index (χ4n) is 6.11. The van der Waals surface area contributed by atoms with Gasteiger partial charge in [-0.1, -0.05) is 109 Å². The van der Waals surface area contributed by atoms with E-state index in [1.54, 1.807) is 24.3 Å². The van der Waals surface area contributed by atoms with Gasteiger partial charge in [0.25, 0.3) is 0 Å². The van der Waals surface area contributed by atoms with Crippen molar-refractivity contribution < 1.29 is 22.7 Å². The van der Waals surface area contributed by atoms with Gasteiger partial charge in [0.15, 0.2) is 11.8 Å². The van der Waals surface area contributed by atoms with Crippen LogP contribution in [-0.2, 0) is 30.0 Å². The highest BCUT2D eigenvalue weighted by atomic mass is 32.2. The number of hydrogen-bond donors (Lipinski definition) is 0. The molecule has 0 amide bonds. The molecule has 5 atom stereocenters. The predicted octanol–water partition coefficient (Wildman–Crippen LogP) is 6.10. The Labute approximate surface area is 235 Å². The number of nitrogens with zero attached hydrogens (tertiary/aromatic N) is 1. The summed E-state index contributed by atoms with van der Waals surface area (Å²) >= 11 is 0. The number of carbonyl (C=O) groups excluding carboxylic acids is 1. The maximum atomic E-state index is 14.7. The zero-order valence-electron chi connectivity index (χ0n) is 22.4. The highest BCUT2D eigenvalue weighted by molar-refractivity contribution is 7.89. The summed E-state index contributed by atoms with van der Waals surface area (Å²) in [6.45, 7) is 3.78. The normalized spacial score (nSPS) is 27.0. The maximum Gasteiger partial charge on any atom is 0.307 e. The van der Waals surface area contributed by atoms with Crippen LogP contribution in [0, 0.1) is 6.92 Å². The zero-order valence-corrected chi connectivity index (χ0v) is 23.2. The molecular formula is C33H31NO5S. The minimum absolute atomic E-state index is 0.120. The summed E-state index contributed by atoms with van der Waals surface area (Å²) in [5, 5.41) is 0. The van der Waals surface area contributed by atoms with Gasteiger partial charge in [0.2, 0.25) is 10.0 Å². The third-order valence-electron chi connectivity index (χ3n) is 7.96. The fourth-order valence-corrected chi connectivity index (χ4v) is 7.98. The van der Waals surface area contributed by atoms with Gasteiger partial charge in [0.05, 0.1) is 17.4 Å². The van der Waals surface area contributed by atoms with Gasteiger partial charge >= 0.3 is 5.97 Å². The van der Waals surface area contributed by atoms with Crippen LogP contribution in [0.25, 0.3) is 0 Å². The lowest BCUT2D eigenvalue weighted by atomic mass is 9.83. The van der Waals surface area contributed by atoms with E-state index in [1.165, 1.54) is 4.31 Å². The third kappa shape index (κ3) is 4.35. The Balaban J connectivity index is 1.62. The standard InChI is InChI=1S/C33H31NO5S/c1-23-18-20-28(21-19-23)40(36,37)34-24(2)31(26-14-8-4-9-15-26)39-33(34,27-16-10-5-11-17-27)32-29(22-30(35)38-32)25-12-6-3-7-13-25/h3-21,24,29,31-32H,22H2,1-2H3/t24-,29-,31+,32+,33-/m1/s1. The number of carbonyl (C=O) groups is 1. The fraction of sp³-hybridized carbons (Fsp3) is 0.242. The molecule has 6 rings (SSSR count). The van der Waals surface area contributed by atoms with Crippen molar-refractivity contribution in [3.63, 3.8) is 0 Å². The van der Waals surface area contributed by atoms with E-state index in [1.807, 2.05) is 105 Å². The van der Waals surface area contributed by atoms with Crippen LogP contribution < -0.4 is 0 Å². The van der Waals surface area contributed by atoms with Crippen molar-refractivity contribution in [3.8, 4) is 0 Å². The summed E-state index contributed by atoms with van der Waals surface area (Å²) < 4.78 is 44.0. The smallest absolute Gasteiger partial charge is 0.307 e. The van der Waals surface area contributed by atoms with Crippen LogP contribution in [-0.4, -0.2) is 30.8 Å². The molecule has 204 valence electrons. The lowest BCUT2D eigenvalue weighted by Gasteiger charge is -2.43. The Bertz CT molecular complexity index is 1590. The Hall–Kier alpha value is -3.78. The SMILES string of the molecule is Cc1ccc(S(=O)(=O)N2[C@H](C)[C@@H](c3ccccc3)O[C@]2(c2ccccc2)[C@H]2OC(=O)C[C@@H]2c2ccccc2)cc1. The van der Waals surface area contributed by atoms with E-state index in [-0.39, 0.29) is 17.3 Å². The maximum absolute atomic E-state index is 14.7. The molecule has 2 saturated heterocycles. The average Bonchev–Trinajstić information content (AvgIpc) is 3.53. The summed E-state index contributed by atoms with van der Waals surface area (Å²) in [5.41, 5.74) is 1.67. The van der Waals surface area contributed by atoms with Crippen LogP contribution in [0.3, 0.4) is 0 Å². The first kappa shape index (κ1) is 26.4. The summed E-state index contributed by atoms with van der Waals surface area (Å²) in [7, 11) is -4.14. The molecule has 2 aliphatic heterocycles. The second-order valence-corrected chi connectivity index (χ2v) is 12.3. The molecule has 4 aromatic carbocycles. The van der Waals surface area contributed by atoms with Gasteiger partial charge in [-0.25, -0.2) is 8.42 Å². The van der Waals surface area contributed by atoms with E-state index in [2.05, 4.69) is 0 Å². The predicted molar refractivity (Wildman–Crippen MR) is 152 cm³/mol. The van der Waals surface area contributed by atoms with Gasteiger partial charge < -0.3 is 9.47 Å². The van der Waals surface area contributed by atoms with Crippen molar-refractivity contribution in [1.29, 1.82) is 0 Å². The van der Waals surface area contributed by atoms with Gasteiger partial charge in [-0.3, -0.25) is 4.79 Å². The average molecular weight is 554 g/mol. The minimum Gasteiger partial charge on any atom is -0.457 e. The number of esters is 1. The van der Waals surface area contributed by atoms with Crippen LogP contribution in [0.15, 0.2) is 120 Å². The lowest BCUT2D eigenvalue weighted by molar-refractivity contribution is -0.181. The van der Waals surface area contributed by atoms with Gasteiger partial charge in [0, 0.05) is 11.5 Å². The van der Waals surface area contributed by atoms with Crippen molar-refractivity contribution in [2.24, 2.45) is 0 Å². The summed E-state index contributed by atoms with van der Waals surface area (Å²) in [6, 6.07) is 34.7. The van der Waals surface area contributed by atoms with Gasteiger partial charge in [-0.05, 0) is 37.1 Å². The van der Waals surface area contributed by atoms with Crippen LogP contribution in [0.1, 0.15) is 47.6 Å². The Morgan fingerprint density at radius 2 is 1.32 bits per heavy atom. The molecule has 0 spiro atoms. The topological polar surface area (TPSA) is 72.9 Å². The molecule has 2 aliphatic rings. The lowest BCUT2D eigenvalue weighted by Crippen LogP contribution is -2.56. The van der Waals surface area contributed by atoms with Crippen LogP contribution in [0.2, 0.25) is 0 Å². The molecule has 0 saturated carbocycles. The first-order valence-corrected chi connectivity index (χ1v) is 14.9. The Morgan fingerprint density at radius 3 is 1.93 bits per heavy atom. The number of aryl methyl sites for hydroxylation is 1. The van der Waals surface area contributed by atoms with Gasteiger partial charge in [-0.2, -0.15) is 4.31 Å².